The van der Waals surface area contributed by atoms with Crippen LogP contribution in [0, 0.1) is 5.92 Å². The Morgan fingerprint density at radius 3 is 2.46 bits per heavy atom. The summed E-state index contributed by atoms with van der Waals surface area (Å²) in [4.78, 5) is 17.2. The Morgan fingerprint density at radius 2 is 1.79 bits per heavy atom. The lowest BCUT2D eigenvalue weighted by Crippen LogP contribution is -2.57. The summed E-state index contributed by atoms with van der Waals surface area (Å²) in [7, 11) is 1.97. The molecule has 2 amide bonds. The Balaban J connectivity index is 1.49. The number of carbonyl (C=O) groups is 1. The molecule has 1 aliphatic heterocycles. The van der Waals surface area contributed by atoms with E-state index in [1.54, 1.807) is 0 Å². The third-order valence-electron chi connectivity index (χ3n) is 6.39. The molecule has 3 rings (SSSR count). The van der Waals surface area contributed by atoms with Crippen LogP contribution in [0.15, 0.2) is 0 Å². The summed E-state index contributed by atoms with van der Waals surface area (Å²) in [6.07, 6.45) is 11.8. The second kappa shape index (κ2) is 8.79. The van der Waals surface area contributed by atoms with E-state index < -0.39 is 0 Å². The molecule has 0 unspecified atom stereocenters. The van der Waals surface area contributed by atoms with Crippen LogP contribution >= 0.6 is 11.8 Å². The predicted octanol–water partition coefficient (Wildman–Crippen LogP) is 3.57. The standard InChI is InChI=1S/C19H35N3OS/c1-21(15-17-7-3-2-4-8-17)18(23)20-16-19(9-5-6-10-19)22-11-13-24-14-12-22/h17H,2-16H2,1H3,(H,20,23). The van der Waals surface area contributed by atoms with Crippen LogP contribution in [0.25, 0.3) is 0 Å². The lowest BCUT2D eigenvalue weighted by atomic mass is 9.89. The molecule has 3 fully saturated rings. The van der Waals surface area contributed by atoms with Crippen LogP contribution in [0.4, 0.5) is 4.79 Å². The Bertz CT molecular complexity index is 399. The first-order valence-corrected chi connectivity index (χ1v) is 11.2. The third kappa shape index (κ3) is 4.60. The fraction of sp³-hybridized carbons (Fsp3) is 0.947. The zero-order valence-corrected chi connectivity index (χ0v) is 16.2. The van der Waals surface area contributed by atoms with Crippen molar-refractivity contribution in [2.75, 3.05) is 44.7 Å². The van der Waals surface area contributed by atoms with Gasteiger partial charge in [-0.25, -0.2) is 4.79 Å². The van der Waals surface area contributed by atoms with Crippen LogP contribution in [0.5, 0.6) is 0 Å². The van der Waals surface area contributed by atoms with Crippen molar-refractivity contribution >= 4 is 17.8 Å². The van der Waals surface area contributed by atoms with E-state index in [1.165, 1.54) is 82.4 Å². The van der Waals surface area contributed by atoms with Gasteiger partial charge in [-0.05, 0) is 31.6 Å². The molecule has 0 atom stereocenters. The first-order chi connectivity index (χ1) is 11.7. The number of nitrogens with zero attached hydrogens (tertiary/aromatic N) is 2. The molecule has 138 valence electrons. The summed E-state index contributed by atoms with van der Waals surface area (Å²) in [5.74, 6) is 3.21. The van der Waals surface area contributed by atoms with E-state index >= 15 is 0 Å². The second-order valence-corrected chi connectivity index (χ2v) is 9.30. The molecule has 1 N–H and O–H groups in total. The lowest BCUT2D eigenvalue weighted by molar-refractivity contribution is 0.101. The van der Waals surface area contributed by atoms with Crippen LogP contribution in [0.3, 0.4) is 0 Å². The Labute approximate surface area is 152 Å². The van der Waals surface area contributed by atoms with Crippen LogP contribution < -0.4 is 5.32 Å². The van der Waals surface area contributed by atoms with Crippen LogP contribution in [-0.2, 0) is 0 Å². The van der Waals surface area contributed by atoms with Gasteiger partial charge in [0.2, 0.25) is 0 Å². The van der Waals surface area contributed by atoms with Crippen molar-refractivity contribution in [3.05, 3.63) is 0 Å². The average Bonchev–Trinajstić information content (AvgIpc) is 3.11. The Morgan fingerprint density at radius 1 is 1.12 bits per heavy atom. The highest BCUT2D eigenvalue weighted by molar-refractivity contribution is 7.99. The number of hydrogen-bond acceptors (Lipinski definition) is 3. The SMILES string of the molecule is CN(CC1CCCCC1)C(=O)NCC1(N2CCSCC2)CCCC1. The summed E-state index contributed by atoms with van der Waals surface area (Å²) < 4.78 is 0. The van der Waals surface area contributed by atoms with E-state index in [-0.39, 0.29) is 11.6 Å². The average molecular weight is 354 g/mol. The smallest absolute Gasteiger partial charge is 0.317 e. The van der Waals surface area contributed by atoms with E-state index in [4.69, 9.17) is 0 Å². The highest BCUT2D eigenvalue weighted by atomic mass is 32.2. The molecule has 5 heteroatoms. The minimum Gasteiger partial charge on any atom is -0.336 e. The zero-order valence-electron chi connectivity index (χ0n) is 15.4. The van der Waals surface area contributed by atoms with Gasteiger partial charge in [-0.2, -0.15) is 11.8 Å². The zero-order chi connectivity index (χ0) is 16.8. The van der Waals surface area contributed by atoms with Gasteiger partial charge in [0, 0.05) is 50.3 Å². The van der Waals surface area contributed by atoms with Crippen LogP contribution in [0.2, 0.25) is 0 Å². The number of urea groups is 1. The summed E-state index contributed by atoms with van der Waals surface area (Å²) in [6.45, 7) is 4.15. The number of nitrogens with one attached hydrogen (secondary N) is 1. The molecule has 1 saturated heterocycles. The predicted molar refractivity (Wildman–Crippen MR) is 103 cm³/mol. The molecule has 0 aromatic heterocycles. The van der Waals surface area contributed by atoms with E-state index in [1.807, 2.05) is 11.9 Å². The fourth-order valence-electron chi connectivity index (χ4n) is 4.89. The first kappa shape index (κ1) is 18.4. The quantitative estimate of drug-likeness (QED) is 0.821. The molecule has 0 radical (unpaired) electrons. The van der Waals surface area contributed by atoms with E-state index in [2.05, 4.69) is 22.0 Å². The second-order valence-electron chi connectivity index (χ2n) is 8.07. The van der Waals surface area contributed by atoms with Gasteiger partial charge in [-0.3, -0.25) is 4.90 Å². The fourth-order valence-corrected chi connectivity index (χ4v) is 5.79. The van der Waals surface area contributed by atoms with Gasteiger partial charge < -0.3 is 10.2 Å². The van der Waals surface area contributed by atoms with Gasteiger partial charge in [-0.15, -0.1) is 0 Å². The highest BCUT2D eigenvalue weighted by Gasteiger charge is 2.40. The normalized spacial score (nSPS) is 25.5. The topological polar surface area (TPSA) is 35.6 Å². The molecule has 1 heterocycles. The summed E-state index contributed by atoms with van der Waals surface area (Å²) >= 11 is 2.07. The number of rotatable bonds is 5. The van der Waals surface area contributed by atoms with Crippen LogP contribution in [0.1, 0.15) is 57.8 Å². The monoisotopic (exact) mass is 353 g/mol. The summed E-state index contributed by atoms with van der Waals surface area (Å²) in [5.41, 5.74) is 0.238. The minimum absolute atomic E-state index is 0.137. The largest absolute Gasteiger partial charge is 0.336 e. The van der Waals surface area contributed by atoms with Gasteiger partial charge in [0.05, 0.1) is 0 Å². The third-order valence-corrected chi connectivity index (χ3v) is 7.33. The molecule has 0 aromatic rings. The van der Waals surface area contributed by atoms with Crippen LogP contribution in [-0.4, -0.2) is 66.1 Å². The van der Waals surface area contributed by atoms with Crippen molar-refractivity contribution in [2.45, 2.75) is 63.3 Å². The van der Waals surface area contributed by atoms with Crippen molar-refractivity contribution in [3.8, 4) is 0 Å². The van der Waals surface area contributed by atoms with E-state index in [9.17, 15) is 4.79 Å². The Hall–Kier alpha value is -0.420. The first-order valence-electron chi connectivity index (χ1n) is 10.0. The minimum atomic E-state index is 0.137. The summed E-state index contributed by atoms with van der Waals surface area (Å²) in [5, 5.41) is 3.29. The van der Waals surface area contributed by atoms with Crippen molar-refractivity contribution in [1.82, 2.24) is 15.1 Å². The molecule has 4 nitrogen and oxygen atoms in total. The van der Waals surface area contributed by atoms with Gasteiger partial charge in [0.15, 0.2) is 0 Å². The summed E-state index contributed by atoms with van der Waals surface area (Å²) in [6, 6.07) is 0.137. The van der Waals surface area contributed by atoms with Crippen molar-refractivity contribution in [3.63, 3.8) is 0 Å². The molecular formula is C19H35N3OS. The molecule has 0 spiro atoms. The van der Waals surface area contributed by atoms with Gasteiger partial charge in [0.25, 0.3) is 0 Å². The number of carbonyl (C=O) groups excluding carboxylic acids is 1. The van der Waals surface area contributed by atoms with E-state index in [0.29, 0.717) is 5.92 Å². The highest BCUT2D eigenvalue weighted by Crippen LogP contribution is 2.36. The molecule has 2 aliphatic carbocycles. The molecule has 24 heavy (non-hydrogen) atoms. The lowest BCUT2D eigenvalue weighted by Gasteiger charge is -2.43. The Kier molecular flexibility index (Phi) is 6.73. The number of thioether (sulfide) groups is 1. The number of amides is 2. The molecule has 0 bridgehead atoms. The molecular weight excluding hydrogens is 318 g/mol. The molecule has 3 aliphatic rings. The maximum absolute atomic E-state index is 12.6. The van der Waals surface area contributed by atoms with Gasteiger partial charge in [-0.1, -0.05) is 32.1 Å². The molecule has 0 aromatic carbocycles. The van der Waals surface area contributed by atoms with Crippen molar-refractivity contribution < 1.29 is 4.79 Å². The van der Waals surface area contributed by atoms with E-state index in [0.717, 1.165) is 13.1 Å². The van der Waals surface area contributed by atoms with Gasteiger partial charge >= 0.3 is 6.03 Å². The van der Waals surface area contributed by atoms with Crippen molar-refractivity contribution in [1.29, 1.82) is 0 Å². The molecule has 2 saturated carbocycles. The maximum Gasteiger partial charge on any atom is 0.317 e. The number of hydrogen-bond donors (Lipinski definition) is 1. The van der Waals surface area contributed by atoms with Gasteiger partial charge in [0.1, 0.15) is 0 Å². The maximum atomic E-state index is 12.6. The van der Waals surface area contributed by atoms with Crippen molar-refractivity contribution in [2.24, 2.45) is 5.92 Å².